The van der Waals surface area contributed by atoms with Crippen LogP contribution in [0, 0.1) is 12.7 Å². The zero-order chi connectivity index (χ0) is 23.8. The third-order valence-electron chi connectivity index (χ3n) is 6.52. The molecule has 0 saturated carbocycles. The molecule has 5 nitrogen and oxygen atoms in total. The molecule has 2 aromatic rings. The molecule has 0 unspecified atom stereocenters. The number of carbonyl (C=O) groups is 1. The zero-order valence-electron chi connectivity index (χ0n) is 19.7. The summed E-state index contributed by atoms with van der Waals surface area (Å²) in [7, 11) is 0. The predicted molar refractivity (Wildman–Crippen MR) is 127 cm³/mol. The van der Waals surface area contributed by atoms with E-state index >= 15 is 0 Å². The number of carboxylic acid groups (broad SMARTS) is 1. The number of aryl methyl sites for hydroxylation is 2. The molecule has 6 heteroatoms. The van der Waals surface area contributed by atoms with Gasteiger partial charge in [0, 0.05) is 19.0 Å². The average Bonchev–Trinajstić information content (AvgIpc) is 3.22. The van der Waals surface area contributed by atoms with Crippen LogP contribution < -0.4 is 0 Å². The predicted octanol–water partition coefficient (Wildman–Crippen LogP) is 4.69. The van der Waals surface area contributed by atoms with E-state index in [1.54, 1.807) is 13.0 Å². The maximum Gasteiger partial charge on any atom is 0.303 e. The number of aliphatic carboxylic acids is 1. The van der Waals surface area contributed by atoms with Crippen molar-refractivity contribution < 1.29 is 24.1 Å². The minimum atomic E-state index is -0.817. The highest BCUT2D eigenvalue weighted by Crippen LogP contribution is 2.27. The van der Waals surface area contributed by atoms with E-state index in [-0.39, 0.29) is 24.9 Å². The summed E-state index contributed by atoms with van der Waals surface area (Å²) in [5, 5.41) is 19.7. The van der Waals surface area contributed by atoms with Crippen LogP contribution in [0.4, 0.5) is 4.39 Å². The Bertz CT molecular complexity index is 919. The molecule has 1 aliphatic rings. The van der Waals surface area contributed by atoms with Crippen molar-refractivity contribution in [3.8, 4) is 0 Å². The van der Waals surface area contributed by atoms with Gasteiger partial charge in [0.2, 0.25) is 0 Å². The SMILES string of the molecule is CC[C@@H](OC[C@H](O)CN1CCC[C@H]1Cc1ccc(C)c(F)c1)c1ccccc1CCC(=O)O. The van der Waals surface area contributed by atoms with Crippen LogP contribution in [0.25, 0.3) is 0 Å². The summed E-state index contributed by atoms with van der Waals surface area (Å²) in [6.07, 6.45) is 3.36. The number of hydrogen-bond acceptors (Lipinski definition) is 4. The van der Waals surface area contributed by atoms with Crippen molar-refractivity contribution in [2.45, 2.75) is 70.6 Å². The Morgan fingerprint density at radius 3 is 2.79 bits per heavy atom. The summed E-state index contributed by atoms with van der Waals surface area (Å²) in [6, 6.07) is 13.5. The van der Waals surface area contributed by atoms with Crippen LogP contribution in [0.1, 0.15) is 61.0 Å². The second-order valence-electron chi connectivity index (χ2n) is 9.06. The van der Waals surface area contributed by atoms with E-state index in [2.05, 4.69) is 4.90 Å². The van der Waals surface area contributed by atoms with E-state index in [0.29, 0.717) is 24.6 Å². The fourth-order valence-corrected chi connectivity index (χ4v) is 4.70. The van der Waals surface area contributed by atoms with Gasteiger partial charge in [-0.25, -0.2) is 4.39 Å². The average molecular weight is 458 g/mol. The highest BCUT2D eigenvalue weighted by Gasteiger charge is 2.27. The van der Waals surface area contributed by atoms with Crippen LogP contribution in [0.15, 0.2) is 42.5 Å². The first-order valence-electron chi connectivity index (χ1n) is 12.0. The van der Waals surface area contributed by atoms with Crippen LogP contribution >= 0.6 is 0 Å². The first-order chi connectivity index (χ1) is 15.9. The van der Waals surface area contributed by atoms with Gasteiger partial charge >= 0.3 is 5.97 Å². The van der Waals surface area contributed by atoms with Gasteiger partial charge < -0.3 is 14.9 Å². The Morgan fingerprint density at radius 2 is 2.06 bits per heavy atom. The first kappa shape index (κ1) is 25.3. The lowest BCUT2D eigenvalue weighted by Crippen LogP contribution is -2.39. The Balaban J connectivity index is 1.54. The smallest absolute Gasteiger partial charge is 0.303 e. The van der Waals surface area contributed by atoms with Crippen LogP contribution in [0.3, 0.4) is 0 Å². The number of nitrogens with zero attached hydrogens (tertiary/aromatic N) is 1. The number of aliphatic hydroxyl groups excluding tert-OH is 1. The van der Waals surface area contributed by atoms with Gasteiger partial charge in [-0.1, -0.05) is 43.3 Å². The third kappa shape index (κ3) is 7.36. The molecule has 3 rings (SSSR count). The monoisotopic (exact) mass is 457 g/mol. The number of benzene rings is 2. The van der Waals surface area contributed by atoms with Crippen LogP contribution in [0.5, 0.6) is 0 Å². The minimum absolute atomic E-state index is 0.0807. The Morgan fingerprint density at radius 1 is 1.27 bits per heavy atom. The summed E-state index contributed by atoms with van der Waals surface area (Å²) in [4.78, 5) is 13.3. The second kappa shape index (κ2) is 12.3. The molecule has 180 valence electrons. The maximum atomic E-state index is 13.9. The molecule has 1 fully saturated rings. The third-order valence-corrected chi connectivity index (χ3v) is 6.52. The summed E-state index contributed by atoms with van der Waals surface area (Å²) in [6.45, 7) is 5.46. The highest BCUT2D eigenvalue weighted by molar-refractivity contribution is 5.67. The lowest BCUT2D eigenvalue weighted by Gasteiger charge is -2.28. The molecule has 1 aliphatic heterocycles. The highest BCUT2D eigenvalue weighted by atomic mass is 19.1. The van der Waals surface area contributed by atoms with Crippen molar-refractivity contribution in [2.75, 3.05) is 19.7 Å². The second-order valence-corrected chi connectivity index (χ2v) is 9.06. The lowest BCUT2D eigenvalue weighted by atomic mass is 9.97. The topological polar surface area (TPSA) is 70.0 Å². The van der Waals surface area contributed by atoms with E-state index in [9.17, 15) is 14.3 Å². The van der Waals surface area contributed by atoms with Gasteiger partial charge in [-0.15, -0.1) is 0 Å². The van der Waals surface area contributed by atoms with Gasteiger partial charge in [0.25, 0.3) is 0 Å². The summed E-state index contributed by atoms with van der Waals surface area (Å²) in [5.41, 5.74) is 3.62. The number of likely N-dealkylation sites (tertiary alicyclic amines) is 1. The Hall–Kier alpha value is -2.28. The van der Waals surface area contributed by atoms with Gasteiger partial charge in [-0.2, -0.15) is 0 Å². The van der Waals surface area contributed by atoms with E-state index in [1.165, 1.54) is 0 Å². The molecule has 2 N–H and O–H groups in total. The summed E-state index contributed by atoms with van der Waals surface area (Å²) in [5.74, 6) is -0.984. The maximum absolute atomic E-state index is 13.9. The Labute approximate surface area is 196 Å². The largest absolute Gasteiger partial charge is 0.481 e. The van der Waals surface area contributed by atoms with Gasteiger partial charge in [-0.3, -0.25) is 9.69 Å². The normalized spacial score (nSPS) is 18.4. The van der Waals surface area contributed by atoms with Crippen molar-refractivity contribution in [1.82, 2.24) is 4.90 Å². The van der Waals surface area contributed by atoms with Crippen molar-refractivity contribution in [3.05, 3.63) is 70.5 Å². The number of aliphatic hydroxyl groups is 1. The van der Waals surface area contributed by atoms with E-state index in [4.69, 9.17) is 9.84 Å². The van der Waals surface area contributed by atoms with Gasteiger partial charge in [0.15, 0.2) is 0 Å². The van der Waals surface area contributed by atoms with Crippen molar-refractivity contribution in [2.24, 2.45) is 0 Å². The molecule has 0 bridgehead atoms. The van der Waals surface area contributed by atoms with Gasteiger partial charge in [0.1, 0.15) is 5.82 Å². The van der Waals surface area contributed by atoms with Crippen molar-refractivity contribution in [1.29, 1.82) is 0 Å². The first-order valence-corrected chi connectivity index (χ1v) is 12.0. The quantitative estimate of drug-likeness (QED) is 0.484. The van der Waals surface area contributed by atoms with E-state index in [1.807, 2.05) is 43.3 Å². The fourth-order valence-electron chi connectivity index (χ4n) is 4.70. The molecule has 1 saturated heterocycles. The molecule has 0 aromatic heterocycles. The molecule has 2 aromatic carbocycles. The van der Waals surface area contributed by atoms with Crippen LogP contribution in [-0.2, 0) is 22.4 Å². The molecule has 0 spiro atoms. The standard InChI is InChI=1S/C27H36FNO4/c1-3-26(24-9-5-4-7-21(24)12-13-27(31)32)33-18-23(30)17-29-14-6-8-22(29)15-20-11-10-19(2)25(28)16-20/h4-5,7,9-11,16,22-23,26,30H,3,6,8,12-15,17-18H2,1-2H3,(H,31,32)/t22-,23+,26+/m0/s1. The molecular formula is C27H36FNO4. The molecule has 3 atom stereocenters. The molecule has 0 radical (unpaired) electrons. The van der Waals surface area contributed by atoms with Gasteiger partial charge in [-0.05, 0) is 73.9 Å². The van der Waals surface area contributed by atoms with Crippen LogP contribution in [-0.4, -0.2) is 52.9 Å². The van der Waals surface area contributed by atoms with Gasteiger partial charge in [0.05, 0.1) is 18.8 Å². The number of rotatable bonds is 12. The fraction of sp³-hybridized carbons (Fsp3) is 0.519. The van der Waals surface area contributed by atoms with E-state index < -0.39 is 12.1 Å². The molecule has 1 heterocycles. The lowest BCUT2D eigenvalue weighted by molar-refractivity contribution is -0.136. The number of carboxylic acids is 1. The number of halogens is 1. The summed E-state index contributed by atoms with van der Waals surface area (Å²) >= 11 is 0. The number of β-amino-alcohol motifs (C(OH)–C–C–N with tert-alkyl or cyclic N) is 1. The number of ether oxygens (including phenoxy) is 1. The minimum Gasteiger partial charge on any atom is -0.481 e. The molecule has 0 aliphatic carbocycles. The molecular weight excluding hydrogens is 421 g/mol. The molecule has 0 amide bonds. The van der Waals surface area contributed by atoms with Crippen molar-refractivity contribution in [3.63, 3.8) is 0 Å². The summed E-state index contributed by atoms with van der Waals surface area (Å²) < 4.78 is 20.0. The van der Waals surface area contributed by atoms with E-state index in [0.717, 1.165) is 48.9 Å². The Kier molecular flexibility index (Phi) is 9.41. The molecule has 33 heavy (non-hydrogen) atoms. The number of hydrogen-bond donors (Lipinski definition) is 2. The van der Waals surface area contributed by atoms with Crippen LogP contribution in [0.2, 0.25) is 0 Å². The van der Waals surface area contributed by atoms with Crippen molar-refractivity contribution >= 4 is 5.97 Å². The zero-order valence-corrected chi connectivity index (χ0v) is 19.7.